The minimum atomic E-state index is 1.01. The molecule has 0 spiro atoms. The Labute approximate surface area is 119 Å². The smallest absolute Gasteiger partial charge is 0.0702 e. The highest BCUT2D eigenvalue weighted by molar-refractivity contribution is 5.66. The molecule has 3 aromatic rings. The van der Waals surface area contributed by atoms with E-state index >= 15 is 0 Å². The molecule has 0 aliphatic carbocycles. The first-order valence-corrected chi connectivity index (χ1v) is 6.97. The van der Waals surface area contributed by atoms with Crippen molar-refractivity contribution in [2.75, 3.05) is 0 Å². The summed E-state index contributed by atoms with van der Waals surface area (Å²) < 4.78 is 0. The molecule has 1 heteroatoms. The maximum Gasteiger partial charge on any atom is 0.0702 e. The van der Waals surface area contributed by atoms with Crippen molar-refractivity contribution in [3.63, 3.8) is 0 Å². The van der Waals surface area contributed by atoms with Gasteiger partial charge in [0.25, 0.3) is 0 Å². The van der Waals surface area contributed by atoms with Gasteiger partial charge in [-0.05, 0) is 23.6 Å². The molecule has 3 rings (SSSR count). The molecule has 20 heavy (non-hydrogen) atoms. The van der Waals surface area contributed by atoms with Gasteiger partial charge in [-0.2, -0.15) is 0 Å². The second-order valence-corrected chi connectivity index (χ2v) is 4.85. The molecular weight excluding hydrogens is 242 g/mol. The number of benzene rings is 2. The van der Waals surface area contributed by atoms with Crippen LogP contribution >= 0.6 is 0 Å². The molecule has 0 saturated carbocycles. The van der Waals surface area contributed by atoms with Crippen LogP contribution in [0.4, 0.5) is 0 Å². The minimum Gasteiger partial charge on any atom is -0.256 e. The first-order chi connectivity index (χ1) is 9.86. The van der Waals surface area contributed by atoms with E-state index in [1.165, 1.54) is 11.1 Å². The van der Waals surface area contributed by atoms with Gasteiger partial charge in [0.05, 0.1) is 5.69 Å². The summed E-state index contributed by atoms with van der Waals surface area (Å²) in [6.45, 7) is 2.17. The van der Waals surface area contributed by atoms with Gasteiger partial charge in [0.2, 0.25) is 0 Å². The summed E-state index contributed by atoms with van der Waals surface area (Å²) in [6, 6.07) is 23.2. The molecule has 0 saturated heterocycles. The standard InChI is InChI=1S/C19H17N/c1-2-15-8-10-16(11-9-15)18-12-13-19(20-14-18)17-6-4-3-5-7-17/h3-14H,2H2,1H3. The van der Waals surface area contributed by atoms with Crippen LogP contribution in [0.25, 0.3) is 22.4 Å². The van der Waals surface area contributed by atoms with Gasteiger partial charge in [0.1, 0.15) is 0 Å². The largest absolute Gasteiger partial charge is 0.256 e. The highest BCUT2D eigenvalue weighted by Crippen LogP contribution is 2.22. The minimum absolute atomic E-state index is 1.01. The van der Waals surface area contributed by atoms with Crippen molar-refractivity contribution >= 4 is 0 Å². The van der Waals surface area contributed by atoms with Crippen LogP contribution in [0.2, 0.25) is 0 Å². The Morgan fingerprint density at radius 3 is 2.00 bits per heavy atom. The Morgan fingerprint density at radius 2 is 1.40 bits per heavy atom. The quantitative estimate of drug-likeness (QED) is 0.646. The Morgan fingerprint density at radius 1 is 0.700 bits per heavy atom. The van der Waals surface area contributed by atoms with Crippen LogP contribution in [-0.4, -0.2) is 4.98 Å². The van der Waals surface area contributed by atoms with E-state index in [0.717, 1.165) is 23.2 Å². The summed E-state index contributed by atoms with van der Waals surface area (Å²) >= 11 is 0. The maximum atomic E-state index is 4.57. The Kier molecular flexibility index (Phi) is 3.60. The number of hydrogen-bond donors (Lipinski definition) is 0. The molecule has 0 amide bonds. The van der Waals surface area contributed by atoms with Crippen LogP contribution in [0, 0.1) is 0 Å². The van der Waals surface area contributed by atoms with E-state index in [2.05, 4.69) is 60.4 Å². The van der Waals surface area contributed by atoms with Crippen molar-refractivity contribution in [2.45, 2.75) is 13.3 Å². The third kappa shape index (κ3) is 2.62. The van der Waals surface area contributed by atoms with Gasteiger partial charge < -0.3 is 0 Å². The summed E-state index contributed by atoms with van der Waals surface area (Å²) in [6.07, 6.45) is 3.02. The van der Waals surface area contributed by atoms with Gasteiger partial charge in [-0.3, -0.25) is 4.98 Å². The van der Waals surface area contributed by atoms with Gasteiger partial charge >= 0.3 is 0 Å². The number of aryl methyl sites for hydroxylation is 1. The third-order valence-corrected chi connectivity index (χ3v) is 3.53. The average molecular weight is 259 g/mol. The van der Waals surface area contributed by atoms with Gasteiger partial charge in [-0.25, -0.2) is 0 Å². The molecule has 0 aliphatic rings. The van der Waals surface area contributed by atoms with E-state index in [9.17, 15) is 0 Å². The van der Waals surface area contributed by atoms with Crippen LogP contribution in [0.15, 0.2) is 72.9 Å². The van der Waals surface area contributed by atoms with Gasteiger partial charge in [0.15, 0.2) is 0 Å². The molecule has 1 aromatic heterocycles. The molecule has 0 unspecified atom stereocenters. The normalized spacial score (nSPS) is 10.4. The highest BCUT2D eigenvalue weighted by Gasteiger charge is 2.01. The van der Waals surface area contributed by atoms with Gasteiger partial charge in [-0.1, -0.05) is 67.6 Å². The monoisotopic (exact) mass is 259 g/mol. The molecule has 0 fully saturated rings. The zero-order valence-electron chi connectivity index (χ0n) is 11.6. The van der Waals surface area contributed by atoms with Gasteiger partial charge in [-0.15, -0.1) is 0 Å². The van der Waals surface area contributed by atoms with Crippen LogP contribution in [0.3, 0.4) is 0 Å². The van der Waals surface area contributed by atoms with Crippen molar-refractivity contribution in [3.05, 3.63) is 78.5 Å². The van der Waals surface area contributed by atoms with Crippen molar-refractivity contribution < 1.29 is 0 Å². The lowest BCUT2D eigenvalue weighted by Gasteiger charge is -2.05. The zero-order chi connectivity index (χ0) is 13.8. The second kappa shape index (κ2) is 5.70. The second-order valence-electron chi connectivity index (χ2n) is 4.85. The Bertz CT molecular complexity index is 667. The molecule has 0 aliphatic heterocycles. The van der Waals surface area contributed by atoms with E-state index in [-0.39, 0.29) is 0 Å². The fraction of sp³-hybridized carbons (Fsp3) is 0.105. The van der Waals surface area contributed by atoms with Crippen LogP contribution in [0.1, 0.15) is 12.5 Å². The van der Waals surface area contributed by atoms with Gasteiger partial charge in [0, 0.05) is 17.3 Å². The van der Waals surface area contributed by atoms with E-state index in [4.69, 9.17) is 0 Å². The summed E-state index contributed by atoms with van der Waals surface area (Å²) in [4.78, 5) is 4.57. The first kappa shape index (κ1) is 12.6. The van der Waals surface area contributed by atoms with Crippen molar-refractivity contribution in [1.82, 2.24) is 4.98 Å². The average Bonchev–Trinajstić information content (AvgIpc) is 2.56. The zero-order valence-corrected chi connectivity index (χ0v) is 11.6. The lowest BCUT2D eigenvalue weighted by atomic mass is 10.0. The number of hydrogen-bond acceptors (Lipinski definition) is 1. The number of rotatable bonds is 3. The summed E-state index contributed by atoms with van der Waals surface area (Å²) in [7, 11) is 0. The highest BCUT2D eigenvalue weighted by atomic mass is 14.7. The maximum absolute atomic E-state index is 4.57. The van der Waals surface area contributed by atoms with E-state index in [1.807, 2.05) is 24.4 Å². The van der Waals surface area contributed by atoms with E-state index < -0.39 is 0 Å². The number of nitrogens with zero attached hydrogens (tertiary/aromatic N) is 1. The van der Waals surface area contributed by atoms with Crippen molar-refractivity contribution in [3.8, 4) is 22.4 Å². The number of pyridine rings is 1. The predicted molar refractivity (Wildman–Crippen MR) is 84.5 cm³/mol. The molecule has 0 radical (unpaired) electrons. The van der Waals surface area contributed by atoms with Crippen LogP contribution < -0.4 is 0 Å². The summed E-state index contributed by atoms with van der Waals surface area (Å²) in [5.74, 6) is 0. The number of aromatic nitrogens is 1. The molecule has 2 aromatic carbocycles. The molecule has 0 atom stereocenters. The molecule has 0 N–H and O–H groups in total. The van der Waals surface area contributed by atoms with E-state index in [0.29, 0.717) is 0 Å². The molecule has 98 valence electrons. The Balaban J connectivity index is 1.89. The molecule has 1 heterocycles. The Hall–Kier alpha value is -2.41. The van der Waals surface area contributed by atoms with Crippen LogP contribution in [-0.2, 0) is 6.42 Å². The summed E-state index contributed by atoms with van der Waals surface area (Å²) in [5, 5.41) is 0. The summed E-state index contributed by atoms with van der Waals surface area (Å²) in [5.41, 5.74) is 5.91. The third-order valence-electron chi connectivity index (χ3n) is 3.53. The fourth-order valence-corrected chi connectivity index (χ4v) is 2.28. The SMILES string of the molecule is CCc1ccc(-c2ccc(-c3ccccc3)nc2)cc1. The van der Waals surface area contributed by atoms with E-state index in [1.54, 1.807) is 0 Å². The van der Waals surface area contributed by atoms with Crippen molar-refractivity contribution in [2.24, 2.45) is 0 Å². The lowest BCUT2D eigenvalue weighted by molar-refractivity contribution is 1.14. The first-order valence-electron chi connectivity index (χ1n) is 6.97. The predicted octanol–water partition coefficient (Wildman–Crippen LogP) is 4.98. The van der Waals surface area contributed by atoms with Crippen molar-refractivity contribution in [1.29, 1.82) is 0 Å². The van der Waals surface area contributed by atoms with Crippen LogP contribution in [0.5, 0.6) is 0 Å². The molecule has 0 bridgehead atoms. The molecule has 1 nitrogen and oxygen atoms in total. The fourth-order valence-electron chi connectivity index (χ4n) is 2.28. The lowest BCUT2D eigenvalue weighted by Crippen LogP contribution is -1.85. The molecular formula is C19H17N. The topological polar surface area (TPSA) is 12.9 Å².